The second-order valence-electron chi connectivity index (χ2n) is 7.68. The van der Waals surface area contributed by atoms with Crippen LogP contribution >= 0.6 is 0 Å². The molecular weight excluding hydrogens is 400 g/mol. The van der Waals surface area contributed by atoms with Gasteiger partial charge in [-0.05, 0) is 30.2 Å². The lowest BCUT2D eigenvalue weighted by Crippen LogP contribution is -2.62. The Kier molecular flexibility index (Phi) is 5.92. The van der Waals surface area contributed by atoms with Gasteiger partial charge in [0.2, 0.25) is 17.6 Å². The topological polar surface area (TPSA) is 119 Å². The number of para-hydroxylation sites is 1. The maximum absolute atomic E-state index is 12.5. The number of carbonyl (C=O) groups excluding carboxylic acids is 1. The van der Waals surface area contributed by atoms with Gasteiger partial charge in [0.1, 0.15) is 5.75 Å². The van der Waals surface area contributed by atoms with Crippen LogP contribution in [0, 0.1) is 5.41 Å². The lowest BCUT2D eigenvalue weighted by molar-refractivity contribution is -0.146. The van der Waals surface area contributed by atoms with E-state index in [9.17, 15) is 4.79 Å². The summed E-state index contributed by atoms with van der Waals surface area (Å²) < 4.78 is 11.2. The fourth-order valence-electron chi connectivity index (χ4n) is 3.97. The van der Waals surface area contributed by atoms with Crippen molar-refractivity contribution in [3.05, 3.63) is 60.2 Å². The van der Waals surface area contributed by atoms with E-state index in [1.54, 1.807) is 12.4 Å². The SMILES string of the molecule is O=C(CCc1nc(-c2ccncc2)no1)N1CC2(COc3ccccc3C2)C1.O=CO. The molecule has 0 unspecified atom stereocenters. The minimum atomic E-state index is -0.250. The number of pyridine rings is 1. The molecule has 1 amide bonds. The summed E-state index contributed by atoms with van der Waals surface area (Å²) in [5.41, 5.74) is 2.14. The number of carbonyl (C=O) groups is 2. The smallest absolute Gasteiger partial charge is 0.290 e. The third-order valence-electron chi connectivity index (χ3n) is 5.44. The minimum Gasteiger partial charge on any atom is -0.493 e. The van der Waals surface area contributed by atoms with Gasteiger partial charge < -0.3 is 19.3 Å². The summed E-state index contributed by atoms with van der Waals surface area (Å²) in [5.74, 6) is 2.09. The number of amides is 1. The van der Waals surface area contributed by atoms with Crippen molar-refractivity contribution >= 4 is 12.4 Å². The minimum absolute atomic E-state index is 0.0585. The number of nitrogens with zero attached hydrogens (tertiary/aromatic N) is 4. The van der Waals surface area contributed by atoms with Gasteiger partial charge in [0.15, 0.2) is 0 Å². The Morgan fingerprint density at radius 3 is 2.71 bits per heavy atom. The van der Waals surface area contributed by atoms with Gasteiger partial charge in [-0.2, -0.15) is 4.98 Å². The third-order valence-corrected chi connectivity index (χ3v) is 5.44. The largest absolute Gasteiger partial charge is 0.493 e. The molecule has 1 aromatic carbocycles. The molecule has 31 heavy (non-hydrogen) atoms. The summed E-state index contributed by atoms with van der Waals surface area (Å²) in [6.45, 7) is 1.91. The molecule has 0 radical (unpaired) electrons. The molecule has 0 atom stereocenters. The van der Waals surface area contributed by atoms with Gasteiger partial charge in [-0.1, -0.05) is 23.4 Å². The Morgan fingerprint density at radius 1 is 1.19 bits per heavy atom. The Bertz CT molecular complexity index is 1050. The predicted octanol–water partition coefficient (Wildman–Crippen LogP) is 2.23. The molecule has 1 saturated heterocycles. The zero-order valence-corrected chi connectivity index (χ0v) is 16.8. The molecule has 1 fully saturated rings. The Balaban J connectivity index is 0.000000730. The summed E-state index contributed by atoms with van der Waals surface area (Å²) >= 11 is 0. The van der Waals surface area contributed by atoms with Gasteiger partial charge in [0, 0.05) is 49.3 Å². The highest BCUT2D eigenvalue weighted by atomic mass is 16.5. The zero-order chi connectivity index (χ0) is 21.7. The molecule has 1 spiro atoms. The van der Waals surface area contributed by atoms with Crippen LogP contribution in [-0.2, 0) is 22.4 Å². The first kappa shape index (κ1) is 20.5. The van der Waals surface area contributed by atoms with Crippen LogP contribution < -0.4 is 4.74 Å². The van der Waals surface area contributed by atoms with Crippen LogP contribution in [0.15, 0.2) is 53.3 Å². The van der Waals surface area contributed by atoms with Crippen molar-refractivity contribution in [2.45, 2.75) is 19.3 Å². The van der Waals surface area contributed by atoms with E-state index in [0.717, 1.165) is 30.8 Å². The van der Waals surface area contributed by atoms with E-state index < -0.39 is 0 Å². The molecule has 9 heteroatoms. The summed E-state index contributed by atoms with van der Waals surface area (Å²) in [6, 6.07) is 11.8. The van der Waals surface area contributed by atoms with Gasteiger partial charge in [-0.25, -0.2) is 0 Å². The first-order chi connectivity index (χ1) is 15.1. The molecule has 5 rings (SSSR count). The molecule has 0 saturated carbocycles. The van der Waals surface area contributed by atoms with Crippen LogP contribution in [0.2, 0.25) is 0 Å². The maximum atomic E-state index is 12.5. The second-order valence-corrected chi connectivity index (χ2v) is 7.68. The molecule has 1 N–H and O–H groups in total. The first-order valence-corrected chi connectivity index (χ1v) is 9.92. The quantitative estimate of drug-likeness (QED) is 0.636. The number of aryl methyl sites for hydroxylation is 1. The molecule has 160 valence electrons. The molecule has 0 aliphatic carbocycles. The van der Waals surface area contributed by atoms with Crippen LogP contribution in [0.4, 0.5) is 0 Å². The number of carboxylic acid groups (broad SMARTS) is 1. The highest BCUT2D eigenvalue weighted by Gasteiger charge is 2.47. The third kappa shape index (κ3) is 4.55. The van der Waals surface area contributed by atoms with Crippen molar-refractivity contribution in [2.24, 2.45) is 5.41 Å². The normalized spacial score (nSPS) is 15.7. The molecule has 0 bridgehead atoms. The summed E-state index contributed by atoms with van der Waals surface area (Å²) in [6.07, 6.45) is 5.14. The van der Waals surface area contributed by atoms with E-state index in [4.69, 9.17) is 19.2 Å². The Morgan fingerprint density at radius 2 is 1.94 bits per heavy atom. The number of hydrogen-bond donors (Lipinski definition) is 1. The van der Waals surface area contributed by atoms with Gasteiger partial charge in [-0.15, -0.1) is 0 Å². The highest BCUT2D eigenvalue weighted by Crippen LogP contribution is 2.41. The van der Waals surface area contributed by atoms with Crippen molar-refractivity contribution in [3.63, 3.8) is 0 Å². The predicted molar refractivity (Wildman–Crippen MR) is 109 cm³/mol. The fraction of sp³-hybridized carbons (Fsp3) is 0.318. The van der Waals surface area contributed by atoms with Gasteiger partial charge in [-0.3, -0.25) is 14.6 Å². The van der Waals surface area contributed by atoms with Crippen LogP contribution in [0.5, 0.6) is 5.75 Å². The molecular formula is C22H22N4O5. The Labute approximate surface area is 178 Å². The average molecular weight is 422 g/mol. The average Bonchev–Trinajstić information content (AvgIpc) is 3.26. The first-order valence-electron chi connectivity index (χ1n) is 9.92. The second kappa shape index (κ2) is 8.95. The van der Waals surface area contributed by atoms with Gasteiger partial charge in [0.25, 0.3) is 6.47 Å². The van der Waals surface area contributed by atoms with E-state index in [-0.39, 0.29) is 17.8 Å². The molecule has 2 aliphatic heterocycles. The fourth-order valence-corrected chi connectivity index (χ4v) is 3.97. The monoisotopic (exact) mass is 422 g/mol. The van der Waals surface area contributed by atoms with E-state index in [1.165, 1.54) is 5.56 Å². The van der Waals surface area contributed by atoms with Crippen LogP contribution in [0.3, 0.4) is 0 Å². The summed E-state index contributed by atoms with van der Waals surface area (Å²) in [4.78, 5) is 31.1. The lowest BCUT2D eigenvalue weighted by Gasteiger charge is -2.51. The number of likely N-dealkylation sites (tertiary alicyclic amines) is 1. The van der Waals surface area contributed by atoms with E-state index in [1.807, 2.05) is 35.2 Å². The van der Waals surface area contributed by atoms with Crippen molar-refractivity contribution in [1.82, 2.24) is 20.0 Å². The lowest BCUT2D eigenvalue weighted by atomic mass is 9.74. The number of ether oxygens (including phenoxy) is 1. The maximum Gasteiger partial charge on any atom is 0.290 e. The van der Waals surface area contributed by atoms with Crippen molar-refractivity contribution in [3.8, 4) is 17.1 Å². The van der Waals surface area contributed by atoms with Gasteiger partial charge >= 0.3 is 0 Å². The highest BCUT2D eigenvalue weighted by molar-refractivity contribution is 5.77. The van der Waals surface area contributed by atoms with Crippen molar-refractivity contribution < 1.29 is 24.0 Å². The van der Waals surface area contributed by atoms with Crippen LogP contribution in [0.1, 0.15) is 17.9 Å². The number of benzene rings is 1. The van der Waals surface area contributed by atoms with Crippen LogP contribution in [-0.4, -0.2) is 57.2 Å². The van der Waals surface area contributed by atoms with Gasteiger partial charge in [0.05, 0.1) is 6.61 Å². The molecule has 4 heterocycles. The number of aromatic nitrogens is 3. The molecule has 9 nitrogen and oxygen atoms in total. The number of fused-ring (bicyclic) bond motifs is 1. The molecule has 2 aliphatic rings. The van der Waals surface area contributed by atoms with Crippen molar-refractivity contribution in [1.29, 1.82) is 0 Å². The molecule has 3 aromatic rings. The summed E-state index contributed by atoms with van der Waals surface area (Å²) in [5, 5.41) is 10.9. The van der Waals surface area contributed by atoms with Crippen molar-refractivity contribution in [2.75, 3.05) is 19.7 Å². The number of hydrogen-bond acceptors (Lipinski definition) is 7. The summed E-state index contributed by atoms with van der Waals surface area (Å²) in [7, 11) is 0. The molecule has 2 aromatic heterocycles. The van der Waals surface area contributed by atoms with E-state index in [2.05, 4.69) is 21.2 Å². The number of rotatable bonds is 4. The zero-order valence-electron chi connectivity index (χ0n) is 16.8. The Hall–Kier alpha value is -3.75. The standard InChI is InChI=1S/C21H20N4O3.CH2O2/c26-19(6-5-18-23-20(24-28-18)15-7-9-22-10-8-15)25-12-21(13-25)11-16-3-1-2-4-17(16)27-14-21;2-1-3/h1-4,7-10H,5-6,11-14H2;1H,(H,2,3). The van der Waals surface area contributed by atoms with Crippen LogP contribution in [0.25, 0.3) is 11.4 Å². The van der Waals surface area contributed by atoms with E-state index in [0.29, 0.717) is 31.2 Å². The van der Waals surface area contributed by atoms with E-state index >= 15 is 0 Å².